The minimum absolute atomic E-state index is 0.356. The molecule has 2 heterocycles. The molecule has 5 N–H and O–H groups in total. The van der Waals surface area contributed by atoms with Gasteiger partial charge in [0.1, 0.15) is 5.82 Å². The van der Waals surface area contributed by atoms with Gasteiger partial charge in [0.2, 0.25) is 0 Å². The summed E-state index contributed by atoms with van der Waals surface area (Å²) in [6, 6.07) is 2.71. The molecule has 0 radical (unpaired) electrons. The molecule has 136 valence electrons. The van der Waals surface area contributed by atoms with E-state index >= 15 is 0 Å². The number of imidazole rings is 1. The van der Waals surface area contributed by atoms with Crippen LogP contribution in [-0.4, -0.2) is 26.7 Å². The van der Waals surface area contributed by atoms with Crippen molar-refractivity contribution in [1.29, 1.82) is 0 Å². The summed E-state index contributed by atoms with van der Waals surface area (Å²) in [4.78, 5) is 4.74. The Balaban J connectivity index is 1.48. The SMILES string of the molecule is Nc1cc(NC2CCC(N)CC2)nn2cc(CC3CCCCC3)nc12. The highest BCUT2D eigenvalue weighted by Crippen LogP contribution is 2.27. The average Bonchev–Trinajstić information content (AvgIpc) is 3.01. The minimum Gasteiger partial charge on any atom is -0.396 e. The third kappa shape index (κ3) is 3.89. The summed E-state index contributed by atoms with van der Waals surface area (Å²) < 4.78 is 1.85. The average molecular weight is 342 g/mol. The van der Waals surface area contributed by atoms with Crippen LogP contribution < -0.4 is 16.8 Å². The lowest BCUT2D eigenvalue weighted by Crippen LogP contribution is -2.33. The molecule has 4 rings (SSSR count). The van der Waals surface area contributed by atoms with Crippen molar-refractivity contribution in [3.05, 3.63) is 18.0 Å². The van der Waals surface area contributed by atoms with Gasteiger partial charge in [0, 0.05) is 18.2 Å². The van der Waals surface area contributed by atoms with Crippen LogP contribution in [0, 0.1) is 5.92 Å². The molecule has 25 heavy (non-hydrogen) atoms. The first-order valence-electron chi connectivity index (χ1n) is 9.84. The molecule has 0 saturated heterocycles. The number of hydrogen-bond acceptors (Lipinski definition) is 5. The van der Waals surface area contributed by atoms with Crippen LogP contribution in [0.4, 0.5) is 11.5 Å². The van der Waals surface area contributed by atoms with Crippen molar-refractivity contribution in [1.82, 2.24) is 14.6 Å². The van der Waals surface area contributed by atoms with Gasteiger partial charge in [-0.2, -0.15) is 0 Å². The summed E-state index contributed by atoms with van der Waals surface area (Å²) in [6.45, 7) is 0. The van der Waals surface area contributed by atoms with Crippen LogP contribution in [0.5, 0.6) is 0 Å². The maximum Gasteiger partial charge on any atom is 0.177 e. The van der Waals surface area contributed by atoms with E-state index in [4.69, 9.17) is 21.5 Å². The van der Waals surface area contributed by atoms with E-state index in [2.05, 4.69) is 11.5 Å². The largest absolute Gasteiger partial charge is 0.396 e. The number of fused-ring (bicyclic) bond motifs is 1. The Labute approximate surface area is 149 Å². The highest BCUT2D eigenvalue weighted by atomic mass is 15.3. The number of aromatic nitrogens is 3. The predicted octanol–water partition coefficient (Wildman–Crippen LogP) is 3.12. The molecule has 6 heteroatoms. The first-order chi connectivity index (χ1) is 12.2. The molecule has 0 spiro atoms. The molecule has 2 aromatic rings. The zero-order valence-corrected chi connectivity index (χ0v) is 15.0. The van der Waals surface area contributed by atoms with Gasteiger partial charge in [0.25, 0.3) is 0 Å². The highest BCUT2D eigenvalue weighted by Gasteiger charge is 2.20. The fourth-order valence-electron chi connectivity index (χ4n) is 4.38. The molecule has 6 nitrogen and oxygen atoms in total. The molecule has 2 fully saturated rings. The number of nitrogens with two attached hydrogens (primary N) is 2. The maximum absolute atomic E-state index is 6.25. The van der Waals surface area contributed by atoms with Gasteiger partial charge < -0.3 is 16.8 Å². The van der Waals surface area contributed by atoms with Crippen molar-refractivity contribution in [2.75, 3.05) is 11.1 Å². The standard InChI is InChI=1S/C19H30N6/c20-14-6-8-15(9-7-14)22-18-11-17(21)19-23-16(12-25(19)24-18)10-13-4-2-1-3-5-13/h11-15H,1-10,20-21H2,(H,22,24). The first kappa shape index (κ1) is 16.6. The van der Waals surface area contributed by atoms with Crippen LogP contribution in [-0.2, 0) is 6.42 Å². The van der Waals surface area contributed by atoms with E-state index < -0.39 is 0 Å². The third-order valence-electron chi connectivity index (χ3n) is 5.85. The van der Waals surface area contributed by atoms with Crippen molar-refractivity contribution < 1.29 is 0 Å². The normalized spacial score (nSPS) is 25.3. The van der Waals surface area contributed by atoms with E-state index in [1.165, 1.54) is 32.1 Å². The summed E-state index contributed by atoms with van der Waals surface area (Å²) in [5, 5.41) is 8.22. The highest BCUT2D eigenvalue weighted by molar-refractivity contribution is 5.67. The number of hydrogen-bond donors (Lipinski definition) is 3. The Morgan fingerprint density at radius 1 is 1.08 bits per heavy atom. The van der Waals surface area contributed by atoms with Gasteiger partial charge >= 0.3 is 0 Å². The van der Waals surface area contributed by atoms with Gasteiger partial charge in [-0.15, -0.1) is 5.10 Å². The number of nitrogens with zero attached hydrogens (tertiary/aromatic N) is 3. The predicted molar refractivity (Wildman–Crippen MR) is 102 cm³/mol. The molecule has 0 atom stereocenters. The van der Waals surface area contributed by atoms with Gasteiger partial charge in [0.05, 0.1) is 17.6 Å². The zero-order valence-electron chi connectivity index (χ0n) is 15.0. The van der Waals surface area contributed by atoms with Gasteiger partial charge in [-0.1, -0.05) is 32.1 Å². The van der Waals surface area contributed by atoms with E-state index in [0.717, 1.165) is 55.2 Å². The quantitative estimate of drug-likeness (QED) is 0.793. The van der Waals surface area contributed by atoms with Crippen LogP contribution in [0.15, 0.2) is 12.3 Å². The molecule has 2 aliphatic carbocycles. The Kier molecular flexibility index (Phi) is 4.79. The van der Waals surface area contributed by atoms with E-state index in [9.17, 15) is 0 Å². The van der Waals surface area contributed by atoms with Crippen molar-refractivity contribution in [2.45, 2.75) is 76.3 Å². The van der Waals surface area contributed by atoms with Gasteiger partial charge in [-0.05, 0) is 38.0 Å². The first-order valence-corrected chi connectivity index (χ1v) is 9.84. The molecule has 0 aliphatic heterocycles. The van der Waals surface area contributed by atoms with Gasteiger partial charge in [0.15, 0.2) is 5.65 Å². The van der Waals surface area contributed by atoms with Crippen LogP contribution >= 0.6 is 0 Å². The molecule has 0 bridgehead atoms. The van der Waals surface area contributed by atoms with Crippen LogP contribution in [0.3, 0.4) is 0 Å². The van der Waals surface area contributed by atoms with E-state index in [1.807, 2.05) is 10.6 Å². The molecule has 2 aromatic heterocycles. The fourth-order valence-corrected chi connectivity index (χ4v) is 4.38. The summed E-state index contributed by atoms with van der Waals surface area (Å²) in [7, 11) is 0. The van der Waals surface area contributed by atoms with Crippen LogP contribution in [0.25, 0.3) is 5.65 Å². The molecular formula is C19H30N6. The molecule has 2 aliphatic rings. The van der Waals surface area contributed by atoms with E-state index in [1.54, 1.807) is 0 Å². The zero-order chi connectivity index (χ0) is 17.2. The van der Waals surface area contributed by atoms with Gasteiger partial charge in [-0.25, -0.2) is 9.50 Å². The second-order valence-corrected chi connectivity index (χ2v) is 7.95. The van der Waals surface area contributed by atoms with Crippen molar-refractivity contribution in [3.63, 3.8) is 0 Å². The number of nitrogens with one attached hydrogen (secondary N) is 1. The fraction of sp³-hybridized carbons (Fsp3) is 0.684. The second-order valence-electron chi connectivity index (χ2n) is 7.95. The summed E-state index contributed by atoms with van der Waals surface area (Å²) in [5.41, 5.74) is 14.8. The monoisotopic (exact) mass is 342 g/mol. The minimum atomic E-state index is 0.356. The summed E-state index contributed by atoms with van der Waals surface area (Å²) in [5.74, 6) is 1.61. The van der Waals surface area contributed by atoms with E-state index in [-0.39, 0.29) is 0 Å². The lowest BCUT2D eigenvalue weighted by Gasteiger charge is -2.27. The van der Waals surface area contributed by atoms with Crippen LogP contribution in [0.2, 0.25) is 0 Å². The molecular weight excluding hydrogens is 312 g/mol. The Hall–Kier alpha value is -1.82. The lowest BCUT2D eigenvalue weighted by atomic mass is 9.86. The number of anilines is 2. The summed E-state index contributed by atoms with van der Waals surface area (Å²) in [6.07, 6.45) is 14.2. The molecule has 2 saturated carbocycles. The summed E-state index contributed by atoms with van der Waals surface area (Å²) >= 11 is 0. The Morgan fingerprint density at radius 2 is 1.84 bits per heavy atom. The van der Waals surface area contributed by atoms with Crippen molar-refractivity contribution >= 4 is 17.2 Å². The smallest absolute Gasteiger partial charge is 0.177 e. The molecule has 0 unspecified atom stereocenters. The van der Waals surface area contributed by atoms with Crippen molar-refractivity contribution in [3.8, 4) is 0 Å². The third-order valence-corrected chi connectivity index (χ3v) is 5.85. The van der Waals surface area contributed by atoms with Crippen molar-refractivity contribution in [2.24, 2.45) is 11.7 Å². The molecule has 0 aromatic carbocycles. The van der Waals surface area contributed by atoms with E-state index in [0.29, 0.717) is 17.8 Å². The molecule has 0 amide bonds. The second kappa shape index (κ2) is 7.20. The van der Waals surface area contributed by atoms with Gasteiger partial charge in [-0.3, -0.25) is 0 Å². The Morgan fingerprint density at radius 3 is 2.60 bits per heavy atom. The Bertz CT molecular complexity index is 710. The maximum atomic E-state index is 6.25. The number of nitrogen functional groups attached to an aromatic ring is 1. The number of rotatable bonds is 4. The lowest BCUT2D eigenvalue weighted by molar-refractivity contribution is 0.354. The topological polar surface area (TPSA) is 94.3 Å². The van der Waals surface area contributed by atoms with Crippen LogP contribution in [0.1, 0.15) is 63.5 Å².